The second kappa shape index (κ2) is 4.85. The lowest BCUT2D eigenvalue weighted by Crippen LogP contribution is -2.16. The number of fused-ring (bicyclic) bond motifs is 1. The first-order chi connectivity index (χ1) is 9.63. The van der Waals surface area contributed by atoms with Crippen molar-refractivity contribution in [3.63, 3.8) is 0 Å². The summed E-state index contributed by atoms with van der Waals surface area (Å²) >= 11 is 0. The number of anilines is 1. The van der Waals surface area contributed by atoms with Gasteiger partial charge in [-0.3, -0.25) is 9.59 Å². The number of aryl methyl sites for hydroxylation is 1. The van der Waals surface area contributed by atoms with Gasteiger partial charge in [0.25, 0.3) is 0 Å². The topological polar surface area (TPSA) is 77.8 Å². The molecule has 0 aliphatic heterocycles. The summed E-state index contributed by atoms with van der Waals surface area (Å²) in [6.45, 7) is 1.78. The molecule has 2 aromatic rings. The normalized spacial score (nSPS) is 14.3. The van der Waals surface area contributed by atoms with Crippen LogP contribution in [0.1, 0.15) is 18.5 Å². The van der Waals surface area contributed by atoms with E-state index in [0.29, 0.717) is 17.2 Å². The van der Waals surface area contributed by atoms with Crippen LogP contribution in [0.3, 0.4) is 0 Å². The van der Waals surface area contributed by atoms with E-state index in [2.05, 4.69) is 27.4 Å². The lowest BCUT2D eigenvalue weighted by molar-refractivity contribution is 1.02. The fraction of sp³-hybridized carbons (Fsp3) is 0.200. The highest BCUT2D eigenvalue weighted by Gasteiger charge is 2.07. The second-order valence-corrected chi connectivity index (χ2v) is 4.88. The minimum absolute atomic E-state index is 0.161. The molecule has 0 unspecified atom stereocenters. The van der Waals surface area contributed by atoms with E-state index in [-0.39, 0.29) is 16.2 Å². The van der Waals surface area contributed by atoms with Crippen LogP contribution >= 0.6 is 0 Å². The summed E-state index contributed by atoms with van der Waals surface area (Å²) in [5.41, 5.74) is 1.56. The maximum atomic E-state index is 12.1. The quantitative estimate of drug-likeness (QED) is 0.782. The van der Waals surface area contributed by atoms with Gasteiger partial charge in [0.1, 0.15) is 16.9 Å². The van der Waals surface area contributed by atoms with E-state index in [1.807, 2.05) is 6.08 Å². The predicted octanol–water partition coefficient (Wildman–Crippen LogP) is 2.17. The third-order valence-corrected chi connectivity index (χ3v) is 3.22. The average Bonchev–Trinajstić information content (AvgIpc) is 2.38. The summed E-state index contributed by atoms with van der Waals surface area (Å²) in [4.78, 5) is 30.0. The predicted molar refractivity (Wildman–Crippen MR) is 80.0 cm³/mol. The van der Waals surface area contributed by atoms with Crippen LogP contribution in [0.25, 0.3) is 11.0 Å². The highest BCUT2D eigenvalue weighted by atomic mass is 16.1. The smallest absolute Gasteiger partial charge is 0.197 e. The van der Waals surface area contributed by atoms with Crippen molar-refractivity contribution in [1.29, 1.82) is 0 Å². The molecule has 0 radical (unpaired) electrons. The van der Waals surface area contributed by atoms with Crippen LogP contribution in [0, 0.1) is 6.92 Å². The number of nitrogens with one attached hydrogen (secondary N) is 3. The molecule has 3 N–H and O–H groups in total. The van der Waals surface area contributed by atoms with Gasteiger partial charge in [0.05, 0.1) is 0 Å². The lowest BCUT2D eigenvalue weighted by Gasteiger charge is -2.11. The Morgan fingerprint density at radius 1 is 1.10 bits per heavy atom. The van der Waals surface area contributed by atoms with Crippen LogP contribution in [-0.2, 0) is 0 Å². The largest absolute Gasteiger partial charge is 0.345 e. The fourth-order valence-corrected chi connectivity index (χ4v) is 2.33. The highest BCUT2D eigenvalue weighted by molar-refractivity contribution is 5.76. The third kappa shape index (κ3) is 2.30. The molecule has 0 spiro atoms. The molecule has 0 atom stereocenters. The van der Waals surface area contributed by atoms with E-state index in [0.717, 1.165) is 18.5 Å². The van der Waals surface area contributed by atoms with Crippen molar-refractivity contribution in [3.05, 3.63) is 62.2 Å². The fourth-order valence-electron chi connectivity index (χ4n) is 2.33. The van der Waals surface area contributed by atoms with Crippen molar-refractivity contribution >= 4 is 16.9 Å². The van der Waals surface area contributed by atoms with Crippen LogP contribution < -0.4 is 16.2 Å². The summed E-state index contributed by atoms with van der Waals surface area (Å²) in [6.07, 6.45) is 8.14. The number of hydrogen-bond donors (Lipinski definition) is 3. The molecule has 5 nitrogen and oxygen atoms in total. The molecule has 3 rings (SSSR count). The van der Waals surface area contributed by atoms with E-state index in [1.54, 1.807) is 6.92 Å². The molecule has 1 aliphatic rings. The molecule has 20 heavy (non-hydrogen) atoms. The summed E-state index contributed by atoms with van der Waals surface area (Å²) in [5.74, 6) is 0.571. The van der Waals surface area contributed by atoms with Crippen molar-refractivity contribution in [2.24, 2.45) is 0 Å². The molecule has 102 valence electrons. The standard InChI is InChI=1S/C15H15N3O2/c1-9-7-11(19)14-12(20)8-13(18-15(14)16-9)17-10-5-3-2-4-6-10/h3,5-8H,2,4H2,1H3,(H3,16,17,18,19,20). The summed E-state index contributed by atoms with van der Waals surface area (Å²) in [7, 11) is 0. The highest BCUT2D eigenvalue weighted by Crippen LogP contribution is 2.13. The van der Waals surface area contributed by atoms with Crippen molar-refractivity contribution in [2.75, 3.05) is 5.32 Å². The maximum absolute atomic E-state index is 12.1. The van der Waals surface area contributed by atoms with Gasteiger partial charge < -0.3 is 15.3 Å². The first-order valence-corrected chi connectivity index (χ1v) is 6.54. The van der Waals surface area contributed by atoms with E-state index < -0.39 is 0 Å². The molecule has 0 saturated carbocycles. The van der Waals surface area contributed by atoms with Crippen LogP contribution in [0.5, 0.6) is 0 Å². The number of pyridine rings is 2. The Hall–Kier alpha value is -2.56. The third-order valence-electron chi connectivity index (χ3n) is 3.22. The van der Waals surface area contributed by atoms with Gasteiger partial charge >= 0.3 is 0 Å². The lowest BCUT2D eigenvalue weighted by atomic mass is 10.1. The van der Waals surface area contributed by atoms with Gasteiger partial charge in [-0.25, -0.2) is 0 Å². The number of rotatable bonds is 2. The van der Waals surface area contributed by atoms with E-state index in [1.165, 1.54) is 12.1 Å². The Morgan fingerprint density at radius 2 is 1.90 bits per heavy atom. The van der Waals surface area contributed by atoms with Crippen LogP contribution in [0.4, 0.5) is 5.82 Å². The van der Waals surface area contributed by atoms with E-state index in [4.69, 9.17) is 0 Å². The molecule has 0 aromatic carbocycles. The summed E-state index contributed by atoms with van der Waals surface area (Å²) in [6, 6.07) is 2.84. The zero-order valence-corrected chi connectivity index (χ0v) is 11.1. The average molecular weight is 269 g/mol. The number of aromatic nitrogens is 2. The number of H-pyrrole nitrogens is 2. The van der Waals surface area contributed by atoms with E-state index >= 15 is 0 Å². The summed E-state index contributed by atoms with van der Waals surface area (Å²) < 4.78 is 0. The Morgan fingerprint density at radius 3 is 2.65 bits per heavy atom. The Balaban J connectivity index is 2.10. The minimum Gasteiger partial charge on any atom is -0.345 e. The molecular formula is C15H15N3O2. The van der Waals surface area contributed by atoms with Crippen molar-refractivity contribution in [2.45, 2.75) is 19.8 Å². The van der Waals surface area contributed by atoms with Crippen molar-refractivity contribution < 1.29 is 0 Å². The van der Waals surface area contributed by atoms with Gasteiger partial charge in [0.15, 0.2) is 10.9 Å². The van der Waals surface area contributed by atoms with Crippen molar-refractivity contribution in [1.82, 2.24) is 9.97 Å². The van der Waals surface area contributed by atoms with Gasteiger partial charge in [-0.2, -0.15) is 0 Å². The van der Waals surface area contributed by atoms with Crippen molar-refractivity contribution in [3.8, 4) is 0 Å². The Bertz CT molecular complexity index is 840. The molecular weight excluding hydrogens is 254 g/mol. The molecule has 2 aromatic heterocycles. The van der Waals surface area contributed by atoms with Crippen LogP contribution in [0.15, 0.2) is 45.6 Å². The SMILES string of the molecule is Cc1cc(=O)c2c(=O)cc(NC3=CCCC=C3)[nH]c2[nH]1. The molecule has 0 amide bonds. The molecule has 0 fully saturated rings. The summed E-state index contributed by atoms with van der Waals surface area (Å²) in [5, 5.41) is 3.31. The van der Waals surface area contributed by atoms with Gasteiger partial charge in [-0.05, 0) is 25.8 Å². The molecule has 5 heteroatoms. The van der Waals surface area contributed by atoms with Gasteiger partial charge in [0, 0.05) is 23.5 Å². The Labute approximate surface area is 115 Å². The molecule has 1 aliphatic carbocycles. The maximum Gasteiger partial charge on any atom is 0.197 e. The monoisotopic (exact) mass is 269 g/mol. The number of allylic oxidation sites excluding steroid dienone is 3. The first kappa shape index (κ1) is 12.5. The Kier molecular flexibility index (Phi) is 3.02. The number of aromatic amines is 2. The van der Waals surface area contributed by atoms with Gasteiger partial charge in [-0.15, -0.1) is 0 Å². The van der Waals surface area contributed by atoms with Gasteiger partial charge in [-0.1, -0.05) is 12.2 Å². The zero-order valence-electron chi connectivity index (χ0n) is 11.1. The van der Waals surface area contributed by atoms with E-state index in [9.17, 15) is 9.59 Å². The molecule has 0 bridgehead atoms. The van der Waals surface area contributed by atoms with Gasteiger partial charge in [0.2, 0.25) is 0 Å². The number of hydrogen-bond acceptors (Lipinski definition) is 3. The van der Waals surface area contributed by atoms with Crippen LogP contribution in [-0.4, -0.2) is 9.97 Å². The molecule has 0 saturated heterocycles. The zero-order chi connectivity index (χ0) is 14.1. The van der Waals surface area contributed by atoms with Crippen LogP contribution in [0.2, 0.25) is 0 Å². The molecule has 2 heterocycles. The first-order valence-electron chi connectivity index (χ1n) is 6.54. The minimum atomic E-state index is -0.289. The second-order valence-electron chi connectivity index (χ2n) is 4.88.